The molecule has 1 rings (SSSR count). The van der Waals surface area contributed by atoms with E-state index in [2.05, 4.69) is 0 Å². The predicted molar refractivity (Wildman–Crippen MR) is 43.7 cm³/mol. The molecular weight excluding hydrogens is 140 g/mol. The van der Waals surface area contributed by atoms with Gasteiger partial charge in [0.15, 0.2) is 5.43 Å². The van der Waals surface area contributed by atoms with E-state index in [0.29, 0.717) is 0 Å². The molecule has 0 unspecified atom stereocenters. The first-order valence-corrected chi connectivity index (χ1v) is 3.59. The second-order valence-corrected chi connectivity index (χ2v) is 3.58. The van der Waals surface area contributed by atoms with Crippen LogP contribution in [0.4, 0.5) is 0 Å². The molecule has 0 aromatic carbocycles. The molecule has 2 nitrogen and oxygen atoms in total. The molecule has 0 saturated carbocycles. The van der Waals surface area contributed by atoms with Gasteiger partial charge < -0.3 is 4.42 Å². The third-order valence-corrected chi connectivity index (χ3v) is 1.44. The van der Waals surface area contributed by atoms with Gasteiger partial charge in [-0.05, 0) is 0 Å². The zero-order valence-electron chi connectivity index (χ0n) is 7.05. The first kappa shape index (κ1) is 8.05. The number of hydrogen-bond donors (Lipinski definition) is 0. The zero-order chi connectivity index (χ0) is 8.48. The summed E-state index contributed by atoms with van der Waals surface area (Å²) in [5.74, 6) is 0.727. The van der Waals surface area contributed by atoms with Crippen molar-refractivity contribution in [2.24, 2.45) is 0 Å². The van der Waals surface area contributed by atoms with Crippen LogP contribution in [0.15, 0.2) is 27.6 Å². The van der Waals surface area contributed by atoms with E-state index in [0.717, 1.165) is 5.76 Å². The molecule has 0 fully saturated rings. The molecule has 1 aromatic heterocycles. The highest BCUT2D eigenvalue weighted by atomic mass is 16.3. The first-order valence-electron chi connectivity index (χ1n) is 3.59. The van der Waals surface area contributed by atoms with E-state index in [4.69, 9.17) is 4.42 Å². The molecule has 0 bridgehead atoms. The van der Waals surface area contributed by atoms with Gasteiger partial charge in [0.05, 0.1) is 6.26 Å². The van der Waals surface area contributed by atoms with Crippen LogP contribution < -0.4 is 5.43 Å². The van der Waals surface area contributed by atoms with Crippen molar-refractivity contribution in [3.05, 3.63) is 34.4 Å². The Balaban J connectivity index is 3.16. The van der Waals surface area contributed by atoms with E-state index in [-0.39, 0.29) is 10.8 Å². The molecule has 11 heavy (non-hydrogen) atoms. The highest BCUT2D eigenvalue weighted by Crippen LogP contribution is 2.19. The van der Waals surface area contributed by atoms with Gasteiger partial charge >= 0.3 is 0 Å². The standard InChI is InChI=1S/C9H12O2/c1-9(2,3)8-6-7(10)4-5-11-8/h4-6H,1-3H3. The summed E-state index contributed by atoms with van der Waals surface area (Å²) in [4.78, 5) is 10.9. The van der Waals surface area contributed by atoms with Gasteiger partial charge in [0.25, 0.3) is 0 Å². The molecule has 60 valence electrons. The molecule has 0 N–H and O–H groups in total. The quantitative estimate of drug-likeness (QED) is 0.568. The number of hydrogen-bond acceptors (Lipinski definition) is 2. The number of rotatable bonds is 0. The average Bonchev–Trinajstić information content (AvgIpc) is 1.86. The van der Waals surface area contributed by atoms with Gasteiger partial charge in [0.1, 0.15) is 5.76 Å². The SMILES string of the molecule is CC(C)(C)c1cc(=O)cco1. The lowest BCUT2D eigenvalue weighted by molar-refractivity contribution is 0.395. The molecule has 0 aliphatic carbocycles. The Kier molecular flexibility index (Phi) is 1.85. The van der Waals surface area contributed by atoms with Crippen molar-refractivity contribution < 1.29 is 4.42 Å². The van der Waals surface area contributed by atoms with E-state index in [1.807, 2.05) is 20.8 Å². The molecule has 0 atom stereocenters. The Morgan fingerprint density at radius 3 is 2.36 bits per heavy atom. The predicted octanol–water partition coefficient (Wildman–Crippen LogP) is 1.94. The third-order valence-electron chi connectivity index (χ3n) is 1.44. The van der Waals surface area contributed by atoms with Crippen LogP contribution in [-0.4, -0.2) is 0 Å². The molecule has 0 amide bonds. The highest BCUT2D eigenvalue weighted by Gasteiger charge is 2.16. The van der Waals surface area contributed by atoms with Crippen LogP contribution in [0, 0.1) is 0 Å². The summed E-state index contributed by atoms with van der Waals surface area (Å²) < 4.78 is 5.17. The van der Waals surface area contributed by atoms with Crippen molar-refractivity contribution in [2.45, 2.75) is 26.2 Å². The van der Waals surface area contributed by atoms with Crippen LogP contribution in [0.3, 0.4) is 0 Å². The molecule has 1 heterocycles. The fraction of sp³-hybridized carbons (Fsp3) is 0.444. The van der Waals surface area contributed by atoms with Gasteiger partial charge in [-0.25, -0.2) is 0 Å². The van der Waals surface area contributed by atoms with Crippen LogP contribution in [0.2, 0.25) is 0 Å². The van der Waals surface area contributed by atoms with Gasteiger partial charge in [-0.3, -0.25) is 4.79 Å². The fourth-order valence-electron chi connectivity index (χ4n) is 0.779. The first-order chi connectivity index (χ1) is 5.00. The van der Waals surface area contributed by atoms with Gasteiger partial charge in [-0.1, -0.05) is 20.8 Å². The lowest BCUT2D eigenvalue weighted by Gasteiger charge is -2.15. The zero-order valence-corrected chi connectivity index (χ0v) is 7.05. The minimum absolute atomic E-state index is 0.00109. The van der Waals surface area contributed by atoms with Crippen LogP contribution in [0.25, 0.3) is 0 Å². The van der Waals surface area contributed by atoms with E-state index in [1.54, 1.807) is 0 Å². The van der Waals surface area contributed by atoms with Crippen LogP contribution in [0.1, 0.15) is 26.5 Å². The van der Waals surface area contributed by atoms with Crippen LogP contribution in [0.5, 0.6) is 0 Å². The maximum Gasteiger partial charge on any atom is 0.185 e. The summed E-state index contributed by atoms with van der Waals surface area (Å²) in [6.45, 7) is 6.02. The van der Waals surface area contributed by atoms with E-state index in [1.165, 1.54) is 18.4 Å². The van der Waals surface area contributed by atoms with Crippen molar-refractivity contribution in [3.8, 4) is 0 Å². The second kappa shape index (κ2) is 2.53. The highest BCUT2D eigenvalue weighted by molar-refractivity contribution is 5.08. The third kappa shape index (κ3) is 1.93. The monoisotopic (exact) mass is 152 g/mol. The average molecular weight is 152 g/mol. The molecule has 2 heteroatoms. The summed E-state index contributed by atoms with van der Waals surface area (Å²) >= 11 is 0. The lowest BCUT2D eigenvalue weighted by atomic mass is 9.93. The molecule has 0 aliphatic rings. The summed E-state index contributed by atoms with van der Waals surface area (Å²) in [5.41, 5.74) is -0.0818. The van der Waals surface area contributed by atoms with Gasteiger partial charge in [-0.15, -0.1) is 0 Å². The maximum absolute atomic E-state index is 10.9. The minimum Gasteiger partial charge on any atom is -0.469 e. The Morgan fingerprint density at radius 1 is 1.36 bits per heavy atom. The summed E-state index contributed by atoms with van der Waals surface area (Å²) in [6.07, 6.45) is 1.43. The molecule has 0 spiro atoms. The van der Waals surface area contributed by atoms with Crippen LogP contribution >= 0.6 is 0 Å². The van der Waals surface area contributed by atoms with E-state index >= 15 is 0 Å². The Hall–Kier alpha value is -1.05. The Labute approximate surface area is 65.9 Å². The molecule has 0 saturated heterocycles. The van der Waals surface area contributed by atoms with E-state index in [9.17, 15) is 4.79 Å². The Morgan fingerprint density at radius 2 is 2.00 bits per heavy atom. The molecule has 0 aliphatic heterocycles. The maximum atomic E-state index is 10.9. The van der Waals surface area contributed by atoms with Gasteiger partial charge in [-0.2, -0.15) is 0 Å². The molecule has 1 aromatic rings. The summed E-state index contributed by atoms with van der Waals surface area (Å²) in [6, 6.07) is 2.94. The minimum atomic E-state index is -0.0829. The smallest absolute Gasteiger partial charge is 0.185 e. The Bertz CT molecular complexity index is 291. The van der Waals surface area contributed by atoms with Crippen molar-refractivity contribution in [2.75, 3.05) is 0 Å². The summed E-state index contributed by atoms with van der Waals surface area (Å²) in [7, 11) is 0. The van der Waals surface area contributed by atoms with Crippen LogP contribution in [-0.2, 0) is 5.41 Å². The van der Waals surface area contributed by atoms with Gasteiger partial charge in [0.2, 0.25) is 0 Å². The summed E-state index contributed by atoms with van der Waals surface area (Å²) in [5, 5.41) is 0. The molecular formula is C9H12O2. The van der Waals surface area contributed by atoms with Crippen molar-refractivity contribution in [1.82, 2.24) is 0 Å². The molecule has 0 radical (unpaired) electrons. The fourth-order valence-corrected chi connectivity index (χ4v) is 0.779. The largest absolute Gasteiger partial charge is 0.469 e. The lowest BCUT2D eigenvalue weighted by Crippen LogP contribution is -2.13. The van der Waals surface area contributed by atoms with E-state index < -0.39 is 0 Å². The normalized spacial score (nSPS) is 11.5. The van der Waals surface area contributed by atoms with Crippen molar-refractivity contribution in [3.63, 3.8) is 0 Å². The van der Waals surface area contributed by atoms with Crippen molar-refractivity contribution >= 4 is 0 Å². The van der Waals surface area contributed by atoms with Crippen molar-refractivity contribution in [1.29, 1.82) is 0 Å². The second-order valence-electron chi connectivity index (χ2n) is 3.58. The topological polar surface area (TPSA) is 30.2 Å². The van der Waals surface area contributed by atoms with Gasteiger partial charge in [0, 0.05) is 17.5 Å².